The quantitative estimate of drug-likeness (QED) is 0.0660. The molecule has 0 radical (unpaired) electrons. The van der Waals surface area contributed by atoms with Crippen LogP contribution in [0.15, 0.2) is 59.0 Å². The van der Waals surface area contributed by atoms with E-state index >= 15 is 0 Å². The van der Waals surface area contributed by atoms with Crippen LogP contribution in [0.1, 0.15) is 187 Å². The molecule has 0 aliphatic carbocycles. The van der Waals surface area contributed by atoms with E-state index in [1.165, 1.54) is 173 Å². The first-order valence-electron chi connectivity index (χ1n) is 20.6. The molecule has 0 aliphatic rings. The van der Waals surface area contributed by atoms with Crippen molar-refractivity contribution in [3.05, 3.63) is 59.8 Å². The summed E-state index contributed by atoms with van der Waals surface area (Å²) >= 11 is 0. The largest absolute Gasteiger partial charge is 0.354 e. The van der Waals surface area contributed by atoms with Gasteiger partial charge in [0.25, 0.3) is 0 Å². The Kier molecular flexibility index (Phi) is 35.8. The van der Waals surface area contributed by atoms with Gasteiger partial charge in [0.1, 0.15) is 0 Å². The molecular weight excluding hydrogens is 732 g/mol. The summed E-state index contributed by atoms with van der Waals surface area (Å²) in [6.07, 6.45) is 45.8. The Hall–Kier alpha value is -1.14. The fraction of sp³-hybridized carbons (Fsp3) is 0.767. The van der Waals surface area contributed by atoms with E-state index in [-0.39, 0.29) is 34.0 Å². The van der Waals surface area contributed by atoms with E-state index in [0.29, 0.717) is 0 Å². The van der Waals surface area contributed by atoms with Crippen LogP contribution in [0, 0.1) is 0 Å². The number of rotatable bonds is 32. The Bertz CT molecular complexity index is 967. The molecule has 284 valence electrons. The third-order valence-electron chi connectivity index (χ3n) is 9.69. The van der Waals surface area contributed by atoms with Crippen molar-refractivity contribution in [2.24, 2.45) is 9.98 Å². The zero-order valence-electron chi connectivity index (χ0n) is 32.1. The lowest BCUT2D eigenvalue weighted by Gasteiger charge is -2.07. The highest BCUT2D eigenvalue weighted by molar-refractivity contribution is 8.93. The maximum Gasteiger partial charge on any atom is 0.0603 e. The average Bonchev–Trinajstić information content (AvgIpc) is 3.10. The molecular formula is C43H78Br2N4. The van der Waals surface area contributed by atoms with Crippen LogP contribution in [0.2, 0.25) is 0 Å². The minimum absolute atomic E-state index is 0. The Labute approximate surface area is 324 Å². The fourth-order valence-corrected chi connectivity index (χ4v) is 6.50. The normalized spacial score (nSPS) is 10.8. The molecule has 0 bridgehead atoms. The Morgan fingerprint density at radius 2 is 0.592 bits per heavy atom. The van der Waals surface area contributed by atoms with Crippen molar-refractivity contribution in [1.29, 1.82) is 0 Å². The molecule has 49 heavy (non-hydrogen) atoms. The van der Waals surface area contributed by atoms with Crippen LogP contribution in [0.25, 0.3) is 0 Å². The molecule has 2 aromatic heterocycles. The smallest absolute Gasteiger partial charge is 0.0603 e. The molecule has 2 rings (SSSR count). The molecule has 0 N–H and O–H groups in total. The van der Waals surface area contributed by atoms with Crippen LogP contribution in [0.4, 0.5) is 0 Å². The summed E-state index contributed by atoms with van der Waals surface area (Å²) < 4.78 is 4.65. The summed E-state index contributed by atoms with van der Waals surface area (Å²) in [5, 5.41) is 2.28. The van der Waals surface area contributed by atoms with Crippen LogP contribution in [0.5, 0.6) is 0 Å². The van der Waals surface area contributed by atoms with Gasteiger partial charge in [-0.2, -0.15) is 0 Å². The van der Waals surface area contributed by atoms with E-state index in [9.17, 15) is 0 Å². The van der Waals surface area contributed by atoms with E-state index in [1.807, 2.05) is 0 Å². The molecule has 6 heteroatoms. The molecule has 2 aromatic rings. The van der Waals surface area contributed by atoms with E-state index in [1.54, 1.807) is 0 Å². The number of nitrogens with zero attached hydrogens (tertiary/aromatic N) is 4. The number of aromatic nitrogens is 2. The van der Waals surface area contributed by atoms with Crippen molar-refractivity contribution >= 4 is 34.0 Å². The summed E-state index contributed by atoms with van der Waals surface area (Å²) in [4.78, 5) is 9.59. The lowest BCUT2D eigenvalue weighted by atomic mass is 10.1. The van der Waals surface area contributed by atoms with Crippen LogP contribution in [-0.4, -0.2) is 22.2 Å². The predicted molar refractivity (Wildman–Crippen MR) is 226 cm³/mol. The Balaban J connectivity index is 0.0000115. The van der Waals surface area contributed by atoms with Crippen molar-refractivity contribution in [1.82, 2.24) is 9.13 Å². The van der Waals surface area contributed by atoms with Crippen LogP contribution >= 0.6 is 34.0 Å². The number of hydrogen-bond donors (Lipinski definition) is 0. The van der Waals surface area contributed by atoms with Crippen LogP contribution in [-0.2, 0) is 13.1 Å². The van der Waals surface area contributed by atoms with Gasteiger partial charge in [-0.15, -0.1) is 34.0 Å². The van der Waals surface area contributed by atoms with Gasteiger partial charge in [-0.25, -0.2) is 0 Å². The van der Waals surface area contributed by atoms with Gasteiger partial charge in [0, 0.05) is 51.0 Å². The average molecular weight is 811 g/mol. The zero-order chi connectivity index (χ0) is 33.3. The highest BCUT2D eigenvalue weighted by Crippen LogP contribution is 2.12. The molecule has 0 saturated carbocycles. The first kappa shape index (κ1) is 47.9. The van der Waals surface area contributed by atoms with E-state index < -0.39 is 0 Å². The minimum atomic E-state index is 0. The topological polar surface area (TPSA) is 34.6 Å². The maximum atomic E-state index is 4.79. The SMILES string of the molecule is Br.Br.CCCCCCCCCCCCN=c1ccn(CCCCCCCCCn2ccc(=NCCCCCCCCCCCC)cc2)cc1. The van der Waals surface area contributed by atoms with Gasteiger partial charge in [-0.1, -0.05) is 162 Å². The number of unbranched alkanes of at least 4 members (excludes halogenated alkanes) is 24. The second kappa shape index (κ2) is 36.6. The van der Waals surface area contributed by atoms with Crippen molar-refractivity contribution in [3.8, 4) is 0 Å². The molecule has 0 unspecified atom stereocenters. The third kappa shape index (κ3) is 29.2. The van der Waals surface area contributed by atoms with Gasteiger partial charge >= 0.3 is 0 Å². The highest BCUT2D eigenvalue weighted by atomic mass is 79.9. The lowest BCUT2D eigenvalue weighted by molar-refractivity contribution is 0.527. The second-order valence-corrected chi connectivity index (χ2v) is 14.2. The highest BCUT2D eigenvalue weighted by Gasteiger charge is 1.97. The van der Waals surface area contributed by atoms with Crippen molar-refractivity contribution in [2.75, 3.05) is 13.1 Å². The molecule has 0 amide bonds. The van der Waals surface area contributed by atoms with Gasteiger partial charge in [0.2, 0.25) is 0 Å². The van der Waals surface area contributed by atoms with Gasteiger partial charge in [0.15, 0.2) is 0 Å². The van der Waals surface area contributed by atoms with Crippen molar-refractivity contribution < 1.29 is 0 Å². The van der Waals surface area contributed by atoms with E-state index in [2.05, 4.69) is 72.0 Å². The fourth-order valence-electron chi connectivity index (χ4n) is 6.50. The molecule has 0 aromatic carbocycles. The zero-order valence-corrected chi connectivity index (χ0v) is 35.6. The maximum absolute atomic E-state index is 4.79. The number of aryl methyl sites for hydroxylation is 2. The summed E-state index contributed by atoms with van der Waals surface area (Å²) in [6.45, 7) is 8.77. The molecule has 0 saturated heterocycles. The van der Waals surface area contributed by atoms with E-state index in [0.717, 1.165) is 36.9 Å². The lowest BCUT2D eigenvalue weighted by Crippen LogP contribution is -2.07. The molecule has 0 fully saturated rings. The second-order valence-electron chi connectivity index (χ2n) is 14.2. The standard InChI is InChI=1S/C43H76N4.2BrH/c1-3-5-7-9-11-13-15-18-22-26-34-44-42-30-38-46(39-31-42)36-28-24-20-17-21-25-29-37-47-40-32-43(33-41-47)45-35-27-23-19-16-14-12-10-8-6-4-2;;/h30-33,38-41H,3-29,34-37H2,1-2H3;2*1H. The van der Waals surface area contributed by atoms with E-state index in [4.69, 9.17) is 9.98 Å². The number of halogens is 2. The Morgan fingerprint density at radius 1 is 0.347 bits per heavy atom. The third-order valence-corrected chi connectivity index (χ3v) is 9.69. The van der Waals surface area contributed by atoms with Crippen LogP contribution in [0.3, 0.4) is 0 Å². The molecule has 0 spiro atoms. The molecule has 2 heterocycles. The van der Waals surface area contributed by atoms with Gasteiger partial charge in [0.05, 0.1) is 10.7 Å². The summed E-state index contributed by atoms with van der Waals surface area (Å²) in [5.74, 6) is 0. The van der Waals surface area contributed by atoms with Gasteiger partial charge < -0.3 is 9.13 Å². The van der Waals surface area contributed by atoms with Gasteiger partial charge in [-0.3, -0.25) is 9.98 Å². The van der Waals surface area contributed by atoms with Crippen LogP contribution < -0.4 is 10.7 Å². The first-order valence-corrected chi connectivity index (χ1v) is 20.6. The monoisotopic (exact) mass is 808 g/mol. The number of hydrogen-bond acceptors (Lipinski definition) is 2. The minimum Gasteiger partial charge on any atom is -0.354 e. The first-order chi connectivity index (χ1) is 23.3. The summed E-state index contributed by atoms with van der Waals surface area (Å²) in [7, 11) is 0. The summed E-state index contributed by atoms with van der Waals surface area (Å²) in [5.41, 5.74) is 0. The summed E-state index contributed by atoms with van der Waals surface area (Å²) in [6, 6.07) is 8.76. The molecule has 0 atom stereocenters. The Morgan fingerprint density at radius 3 is 0.878 bits per heavy atom. The number of pyridine rings is 2. The molecule has 4 nitrogen and oxygen atoms in total. The van der Waals surface area contributed by atoms with Crippen molar-refractivity contribution in [2.45, 2.75) is 200 Å². The molecule has 0 aliphatic heterocycles. The predicted octanol–water partition coefficient (Wildman–Crippen LogP) is 13.5. The van der Waals surface area contributed by atoms with Gasteiger partial charge in [-0.05, 0) is 49.9 Å². The van der Waals surface area contributed by atoms with Crippen molar-refractivity contribution in [3.63, 3.8) is 0 Å².